The first-order chi connectivity index (χ1) is 10.1. The Morgan fingerprint density at radius 2 is 2.10 bits per heavy atom. The number of hydrogen-bond donors (Lipinski definition) is 2. The number of rotatable bonds is 7. The first-order valence-electron chi connectivity index (χ1n) is 6.73. The first kappa shape index (κ1) is 15.1. The highest BCUT2D eigenvalue weighted by Gasteiger charge is 2.20. The predicted molar refractivity (Wildman–Crippen MR) is 77.7 cm³/mol. The number of aromatic nitrogens is 2. The molecule has 0 spiro atoms. The highest BCUT2D eigenvalue weighted by molar-refractivity contribution is 5.96. The van der Waals surface area contributed by atoms with Gasteiger partial charge in [0, 0.05) is 17.9 Å². The highest BCUT2D eigenvalue weighted by Crippen LogP contribution is 2.31. The lowest BCUT2D eigenvalue weighted by Crippen LogP contribution is -2.07. The fourth-order valence-electron chi connectivity index (χ4n) is 2.03. The number of hydrogen-bond acceptors (Lipinski definition) is 4. The summed E-state index contributed by atoms with van der Waals surface area (Å²) in [6.45, 7) is 5.11. The number of aromatic amines is 1. The number of ether oxygens (including phenoxy) is 2. The minimum absolute atomic E-state index is 0.163. The maximum absolute atomic E-state index is 11.4. The maximum atomic E-state index is 11.4. The molecule has 0 aliphatic carbocycles. The zero-order valence-corrected chi connectivity index (χ0v) is 12.0. The van der Waals surface area contributed by atoms with Crippen LogP contribution in [0.3, 0.4) is 0 Å². The van der Waals surface area contributed by atoms with E-state index in [1.165, 1.54) is 0 Å². The molecule has 1 aromatic carbocycles. The fraction of sp³-hybridized carbons (Fsp3) is 0.333. The summed E-state index contributed by atoms with van der Waals surface area (Å²) in [7, 11) is 0. The van der Waals surface area contributed by atoms with Gasteiger partial charge in [-0.1, -0.05) is 12.1 Å². The van der Waals surface area contributed by atoms with Gasteiger partial charge < -0.3 is 14.6 Å². The van der Waals surface area contributed by atoms with Crippen molar-refractivity contribution < 1.29 is 19.4 Å². The smallest absolute Gasteiger partial charge is 0.339 e. The van der Waals surface area contributed by atoms with Gasteiger partial charge in [-0.05, 0) is 26.0 Å². The van der Waals surface area contributed by atoms with Crippen molar-refractivity contribution in [3.63, 3.8) is 0 Å². The van der Waals surface area contributed by atoms with Crippen LogP contribution in [0.4, 0.5) is 0 Å². The van der Waals surface area contributed by atoms with Crippen LogP contribution in [0, 0.1) is 6.92 Å². The molecule has 6 nitrogen and oxygen atoms in total. The number of carbonyl (C=O) groups is 1. The molecule has 0 aliphatic rings. The van der Waals surface area contributed by atoms with Crippen molar-refractivity contribution in [2.75, 3.05) is 19.8 Å². The quantitative estimate of drug-likeness (QED) is 0.765. The minimum Gasteiger partial charge on any atom is -0.490 e. The molecule has 21 heavy (non-hydrogen) atoms. The topological polar surface area (TPSA) is 84.4 Å². The molecule has 0 radical (unpaired) electrons. The number of H-pyrrole nitrogens is 1. The Balaban J connectivity index is 2.30. The molecular formula is C15H18N2O4. The number of aryl methyl sites for hydroxylation is 1. The third kappa shape index (κ3) is 3.41. The van der Waals surface area contributed by atoms with E-state index in [2.05, 4.69) is 10.2 Å². The predicted octanol–water partition coefficient (Wildman–Crippen LogP) is 2.50. The van der Waals surface area contributed by atoms with E-state index in [0.717, 1.165) is 0 Å². The monoisotopic (exact) mass is 290 g/mol. The number of carboxylic acids is 1. The zero-order chi connectivity index (χ0) is 15.2. The SMILES string of the molecule is CCOCCOc1ccccc1-c1n[nH]c(C)c1C(=O)O. The Morgan fingerprint density at radius 3 is 2.81 bits per heavy atom. The number of benzene rings is 1. The lowest BCUT2D eigenvalue weighted by atomic mass is 10.1. The Hall–Kier alpha value is -2.34. The minimum atomic E-state index is -1.01. The van der Waals surface area contributed by atoms with Gasteiger partial charge >= 0.3 is 5.97 Å². The highest BCUT2D eigenvalue weighted by atomic mass is 16.5. The van der Waals surface area contributed by atoms with Gasteiger partial charge in [-0.2, -0.15) is 5.10 Å². The fourth-order valence-corrected chi connectivity index (χ4v) is 2.03. The van der Waals surface area contributed by atoms with E-state index in [1.54, 1.807) is 19.1 Å². The second kappa shape index (κ2) is 6.90. The van der Waals surface area contributed by atoms with E-state index in [-0.39, 0.29) is 5.56 Å². The van der Waals surface area contributed by atoms with Crippen molar-refractivity contribution in [2.24, 2.45) is 0 Å². The van der Waals surface area contributed by atoms with Crippen LogP contribution in [-0.2, 0) is 4.74 Å². The van der Waals surface area contributed by atoms with E-state index in [1.807, 2.05) is 19.1 Å². The Kier molecular flexibility index (Phi) is 4.94. The number of nitrogens with zero attached hydrogens (tertiary/aromatic N) is 1. The largest absolute Gasteiger partial charge is 0.490 e. The molecule has 0 unspecified atom stereocenters. The van der Waals surface area contributed by atoms with Gasteiger partial charge in [0.2, 0.25) is 0 Å². The van der Waals surface area contributed by atoms with Crippen molar-refractivity contribution in [3.8, 4) is 17.0 Å². The Bertz CT molecular complexity index is 622. The summed E-state index contributed by atoms with van der Waals surface area (Å²) < 4.78 is 10.9. The molecule has 0 fully saturated rings. The zero-order valence-electron chi connectivity index (χ0n) is 12.0. The summed E-state index contributed by atoms with van der Waals surface area (Å²) in [4.78, 5) is 11.4. The lowest BCUT2D eigenvalue weighted by Gasteiger charge is -2.10. The molecule has 2 rings (SSSR count). The molecule has 1 heterocycles. The summed E-state index contributed by atoms with van der Waals surface area (Å²) in [5.41, 5.74) is 1.71. The molecule has 6 heteroatoms. The number of aromatic carboxylic acids is 1. The first-order valence-corrected chi connectivity index (χ1v) is 6.73. The van der Waals surface area contributed by atoms with Gasteiger partial charge in [-0.25, -0.2) is 4.79 Å². The molecule has 0 amide bonds. The number of nitrogens with one attached hydrogen (secondary N) is 1. The van der Waals surface area contributed by atoms with Crippen LogP contribution in [0.25, 0.3) is 11.3 Å². The maximum Gasteiger partial charge on any atom is 0.339 e. The van der Waals surface area contributed by atoms with E-state index < -0.39 is 5.97 Å². The molecule has 112 valence electrons. The van der Waals surface area contributed by atoms with Crippen LogP contribution in [-0.4, -0.2) is 41.1 Å². The van der Waals surface area contributed by atoms with Gasteiger partial charge in [0.1, 0.15) is 23.6 Å². The molecule has 0 aliphatic heterocycles. The third-order valence-electron chi connectivity index (χ3n) is 2.99. The molecule has 1 aromatic heterocycles. The summed E-state index contributed by atoms with van der Waals surface area (Å²) in [6, 6.07) is 7.23. The van der Waals surface area contributed by atoms with E-state index >= 15 is 0 Å². The van der Waals surface area contributed by atoms with Crippen LogP contribution in [0.5, 0.6) is 5.75 Å². The third-order valence-corrected chi connectivity index (χ3v) is 2.99. The van der Waals surface area contributed by atoms with Crippen molar-refractivity contribution in [3.05, 3.63) is 35.5 Å². The number of para-hydroxylation sites is 1. The average Bonchev–Trinajstić information content (AvgIpc) is 2.86. The van der Waals surface area contributed by atoms with Crippen molar-refractivity contribution in [1.29, 1.82) is 0 Å². The summed E-state index contributed by atoms with van der Waals surface area (Å²) in [6.07, 6.45) is 0. The second-order valence-corrected chi connectivity index (χ2v) is 4.42. The van der Waals surface area contributed by atoms with Crippen molar-refractivity contribution in [1.82, 2.24) is 10.2 Å². The molecule has 0 saturated carbocycles. The van der Waals surface area contributed by atoms with Gasteiger partial charge in [0.05, 0.1) is 6.61 Å². The van der Waals surface area contributed by atoms with Gasteiger partial charge in [0.25, 0.3) is 0 Å². The normalized spacial score (nSPS) is 10.6. The second-order valence-electron chi connectivity index (χ2n) is 4.42. The van der Waals surface area contributed by atoms with Crippen LogP contribution in [0.1, 0.15) is 23.0 Å². The van der Waals surface area contributed by atoms with E-state index in [0.29, 0.717) is 42.5 Å². The molecule has 0 saturated heterocycles. The Morgan fingerprint density at radius 1 is 1.33 bits per heavy atom. The molecule has 0 atom stereocenters. The Labute approximate surface area is 122 Å². The average molecular weight is 290 g/mol. The lowest BCUT2D eigenvalue weighted by molar-refractivity contribution is 0.0697. The summed E-state index contributed by atoms with van der Waals surface area (Å²) in [5.74, 6) is -0.424. The molecule has 0 bridgehead atoms. The van der Waals surface area contributed by atoms with Crippen molar-refractivity contribution >= 4 is 5.97 Å². The molecular weight excluding hydrogens is 272 g/mol. The standard InChI is InChI=1S/C15H18N2O4/c1-3-20-8-9-21-12-7-5-4-6-11(12)14-13(15(18)19)10(2)16-17-14/h4-7H,3,8-9H2,1-2H3,(H,16,17)(H,18,19). The number of carboxylic acid groups (broad SMARTS) is 1. The summed E-state index contributed by atoms with van der Waals surface area (Å²) >= 11 is 0. The van der Waals surface area contributed by atoms with Crippen LogP contribution >= 0.6 is 0 Å². The van der Waals surface area contributed by atoms with Crippen LogP contribution in [0.2, 0.25) is 0 Å². The van der Waals surface area contributed by atoms with E-state index in [4.69, 9.17) is 9.47 Å². The molecule has 2 N–H and O–H groups in total. The van der Waals surface area contributed by atoms with Gasteiger partial charge in [-0.15, -0.1) is 0 Å². The van der Waals surface area contributed by atoms with Gasteiger partial charge in [-0.3, -0.25) is 5.10 Å². The van der Waals surface area contributed by atoms with Crippen LogP contribution < -0.4 is 4.74 Å². The van der Waals surface area contributed by atoms with E-state index in [9.17, 15) is 9.90 Å². The molecule has 2 aromatic rings. The summed E-state index contributed by atoms with van der Waals surface area (Å²) in [5, 5.41) is 16.1. The van der Waals surface area contributed by atoms with Crippen molar-refractivity contribution in [2.45, 2.75) is 13.8 Å². The van der Waals surface area contributed by atoms with Gasteiger partial charge in [0.15, 0.2) is 0 Å². The van der Waals surface area contributed by atoms with Crippen LogP contribution in [0.15, 0.2) is 24.3 Å².